The van der Waals surface area contributed by atoms with Crippen LogP contribution >= 0.6 is 0 Å². The van der Waals surface area contributed by atoms with E-state index >= 15 is 0 Å². The quantitative estimate of drug-likeness (QED) is 0.238. The zero-order chi connectivity index (χ0) is 18.2. The zero-order valence-corrected chi connectivity index (χ0v) is 16.5. The fourth-order valence-corrected chi connectivity index (χ4v) is 3.53. The summed E-state index contributed by atoms with van der Waals surface area (Å²) in [5, 5.41) is 0. The molecule has 0 heterocycles. The summed E-state index contributed by atoms with van der Waals surface area (Å²) in [7, 11) is 0. The van der Waals surface area contributed by atoms with E-state index in [9.17, 15) is 0 Å². The molecule has 24 heavy (non-hydrogen) atoms. The lowest BCUT2D eigenvalue weighted by Gasteiger charge is -2.25. The molecule has 146 valence electrons. The number of hydrogen-bond acceptors (Lipinski definition) is 4. The molecule has 0 rings (SSSR count). The van der Waals surface area contributed by atoms with Crippen molar-refractivity contribution < 1.29 is 0 Å². The van der Waals surface area contributed by atoms with Crippen LogP contribution in [0.5, 0.6) is 0 Å². The van der Waals surface area contributed by atoms with Crippen molar-refractivity contribution in [1.29, 1.82) is 0 Å². The highest BCUT2D eigenvalue weighted by Gasteiger charge is 2.19. The first-order valence-corrected chi connectivity index (χ1v) is 10.5. The summed E-state index contributed by atoms with van der Waals surface area (Å²) in [6.07, 6.45) is 16.7. The summed E-state index contributed by atoms with van der Waals surface area (Å²) in [4.78, 5) is 0. The summed E-state index contributed by atoms with van der Waals surface area (Å²) >= 11 is 0. The van der Waals surface area contributed by atoms with Crippen molar-refractivity contribution in [2.24, 2.45) is 34.8 Å². The van der Waals surface area contributed by atoms with Gasteiger partial charge < -0.3 is 22.9 Å². The average molecular weight is 343 g/mol. The molecule has 0 saturated heterocycles. The molecule has 0 aliphatic heterocycles. The van der Waals surface area contributed by atoms with Crippen molar-refractivity contribution in [1.82, 2.24) is 0 Å². The van der Waals surface area contributed by atoms with E-state index in [0.29, 0.717) is 12.5 Å². The lowest BCUT2D eigenvalue weighted by Crippen LogP contribution is -2.49. The van der Waals surface area contributed by atoms with Gasteiger partial charge in [0.1, 0.15) is 0 Å². The third kappa shape index (κ3) is 13.2. The van der Waals surface area contributed by atoms with Crippen molar-refractivity contribution >= 4 is 0 Å². The Kier molecular flexibility index (Phi) is 16.2. The normalized spacial score (nSPS) is 15.6. The summed E-state index contributed by atoms with van der Waals surface area (Å²) in [6.45, 7) is 5.26. The minimum atomic E-state index is -0.434. The molecule has 3 unspecified atom stereocenters. The smallest absolute Gasteiger partial charge is 0.0677 e. The van der Waals surface area contributed by atoms with E-state index < -0.39 is 6.17 Å². The second-order valence-corrected chi connectivity index (χ2v) is 7.71. The van der Waals surface area contributed by atoms with Gasteiger partial charge in [-0.2, -0.15) is 0 Å². The molecule has 0 radical (unpaired) electrons. The second-order valence-electron chi connectivity index (χ2n) is 7.71. The maximum atomic E-state index is 6.00. The fourth-order valence-electron chi connectivity index (χ4n) is 3.53. The minimum absolute atomic E-state index is 0.135. The molecular formula is C20H46N4. The summed E-state index contributed by atoms with van der Waals surface area (Å²) in [5.74, 6) is 1.22. The van der Waals surface area contributed by atoms with Crippen LogP contribution in [-0.4, -0.2) is 18.8 Å². The lowest BCUT2D eigenvalue weighted by atomic mass is 9.85. The minimum Gasteiger partial charge on any atom is -0.330 e. The molecule has 0 fully saturated rings. The monoisotopic (exact) mass is 342 g/mol. The highest BCUT2D eigenvalue weighted by molar-refractivity contribution is 4.77. The van der Waals surface area contributed by atoms with Crippen LogP contribution in [0.2, 0.25) is 0 Å². The lowest BCUT2D eigenvalue weighted by molar-refractivity contribution is 0.301. The fraction of sp³-hybridized carbons (Fsp3) is 1.00. The van der Waals surface area contributed by atoms with E-state index in [1.54, 1.807) is 0 Å². The van der Waals surface area contributed by atoms with Crippen LogP contribution < -0.4 is 22.9 Å². The van der Waals surface area contributed by atoms with Gasteiger partial charge in [0.15, 0.2) is 0 Å². The van der Waals surface area contributed by atoms with Crippen molar-refractivity contribution in [3.05, 3.63) is 0 Å². The number of nitrogens with two attached hydrogens (primary N) is 4. The van der Waals surface area contributed by atoms with E-state index in [-0.39, 0.29) is 6.04 Å². The van der Waals surface area contributed by atoms with Gasteiger partial charge in [0.25, 0.3) is 0 Å². The van der Waals surface area contributed by atoms with E-state index in [1.807, 2.05) is 0 Å². The maximum Gasteiger partial charge on any atom is 0.0677 e. The summed E-state index contributed by atoms with van der Waals surface area (Å²) in [5.41, 5.74) is 23.3. The standard InChI is InChI=1S/C20H46N4/c1-3-5-6-7-8-9-10-11-12-13-17(4-2)14-18(16-21)15-19(22)20(23)24/h17-20H,3-16,21-24H2,1-2H3. The Labute approximate surface area is 151 Å². The molecule has 4 heteroatoms. The van der Waals surface area contributed by atoms with Crippen LogP contribution in [0.3, 0.4) is 0 Å². The first-order valence-electron chi connectivity index (χ1n) is 10.5. The molecule has 4 nitrogen and oxygen atoms in total. The molecule has 0 aromatic rings. The Morgan fingerprint density at radius 2 is 1.21 bits per heavy atom. The van der Waals surface area contributed by atoms with Gasteiger partial charge in [0, 0.05) is 6.04 Å². The molecule has 0 aliphatic carbocycles. The van der Waals surface area contributed by atoms with Crippen LogP contribution in [-0.2, 0) is 0 Å². The van der Waals surface area contributed by atoms with Gasteiger partial charge in [-0.3, -0.25) is 0 Å². The van der Waals surface area contributed by atoms with Gasteiger partial charge in [-0.05, 0) is 31.2 Å². The highest BCUT2D eigenvalue weighted by Crippen LogP contribution is 2.24. The highest BCUT2D eigenvalue weighted by atomic mass is 14.9. The van der Waals surface area contributed by atoms with E-state index in [1.165, 1.54) is 77.0 Å². The van der Waals surface area contributed by atoms with Crippen LogP contribution in [0.25, 0.3) is 0 Å². The van der Waals surface area contributed by atoms with Crippen molar-refractivity contribution in [3.63, 3.8) is 0 Å². The van der Waals surface area contributed by atoms with E-state index in [2.05, 4.69) is 13.8 Å². The van der Waals surface area contributed by atoms with Gasteiger partial charge in [-0.15, -0.1) is 0 Å². The predicted molar refractivity (Wildman–Crippen MR) is 108 cm³/mol. The number of unbranched alkanes of at least 4 members (excludes halogenated alkanes) is 8. The maximum absolute atomic E-state index is 6.00. The molecule has 0 saturated carbocycles. The van der Waals surface area contributed by atoms with Gasteiger partial charge in [0.05, 0.1) is 6.17 Å². The molecule has 0 amide bonds. The molecular weight excluding hydrogens is 296 g/mol. The topological polar surface area (TPSA) is 104 Å². The summed E-state index contributed by atoms with van der Waals surface area (Å²) < 4.78 is 0. The molecule has 0 aromatic heterocycles. The molecule has 0 bridgehead atoms. The summed E-state index contributed by atoms with van der Waals surface area (Å²) in [6, 6.07) is -0.135. The number of hydrogen-bond donors (Lipinski definition) is 4. The third-order valence-electron chi connectivity index (χ3n) is 5.39. The Hall–Kier alpha value is -0.160. The van der Waals surface area contributed by atoms with Gasteiger partial charge in [-0.1, -0.05) is 84.5 Å². The molecule has 0 spiro atoms. The van der Waals surface area contributed by atoms with Crippen molar-refractivity contribution in [2.75, 3.05) is 6.54 Å². The molecule has 0 aromatic carbocycles. The van der Waals surface area contributed by atoms with Gasteiger partial charge in [-0.25, -0.2) is 0 Å². The predicted octanol–water partition coefficient (Wildman–Crippen LogP) is 3.86. The second kappa shape index (κ2) is 16.3. The van der Waals surface area contributed by atoms with Crippen LogP contribution in [0.1, 0.15) is 97.3 Å². The SMILES string of the molecule is CCCCCCCCCCCC(CC)CC(CN)CC(N)C(N)N. The third-order valence-corrected chi connectivity index (χ3v) is 5.39. The van der Waals surface area contributed by atoms with Crippen LogP contribution in [0, 0.1) is 11.8 Å². The van der Waals surface area contributed by atoms with Crippen LogP contribution in [0.15, 0.2) is 0 Å². The first-order chi connectivity index (χ1) is 11.5. The Bertz CT molecular complexity index is 258. The van der Waals surface area contributed by atoms with Gasteiger partial charge in [0.2, 0.25) is 0 Å². The number of rotatable bonds is 17. The molecule has 0 aliphatic rings. The van der Waals surface area contributed by atoms with Crippen molar-refractivity contribution in [3.8, 4) is 0 Å². The van der Waals surface area contributed by atoms with E-state index in [4.69, 9.17) is 22.9 Å². The zero-order valence-electron chi connectivity index (χ0n) is 16.5. The molecule has 3 atom stereocenters. The Morgan fingerprint density at radius 1 is 0.667 bits per heavy atom. The largest absolute Gasteiger partial charge is 0.330 e. The Balaban J connectivity index is 3.77. The van der Waals surface area contributed by atoms with Crippen LogP contribution in [0.4, 0.5) is 0 Å². The Morgan fingerprint density at radius 3 is 1.67 bits per heavy atom. The first kappa shape index (κ1) is 23.8. The average Bonchev–Trinajstić information content (AvgIpc) is 2.57. The van der Waals surface area contributed by atoms with Gasteiger partial charge >= 0.3 is 0 Å². The molecule has 8 N–H and O–H groups in total. The van der Waals surface area contributed by atoms with E-state index in [0.717, 1.165) is 12.3 Å². The van der Waals surface area contributed by atoms with Crippen molar-refractivity contribution in [2.45, 2.75) is 110 Å².